The van der Waals surface area contributed by atoms with Crippen LogP contribution in [0.25, 0.3) is 0 Å². The van der Waals surface area contributed by atoms with Crippen molar-refractivity contribution in [2.24, 2.45) is 0 Å². The normalized spacial score (nSPS) is 10.2. The molecule has 0 aromatic carbocycles. The third-order valence-electron chi connectivity index (χ3n) is 2.43. The average Bonchev–Trinajstić information content (AvgIpc) is 2.49. The predicted octanol–water partition coefficient (Wildman–Crippen LogP) is -1.39. The molecule has 0 unspecified atom stereocenters. The van der Waals surface area contributed by atoms with E-state index in [1.54, 1.807) is 6.92 Å². The number of rotatable bonds is 13. The highest BCUT2D eigenvalue weighted by Gasteiger charge is 2.02. The van der Waals surface area contributed by atoms with Crippen molar-refractivity contribution < 1.29 is 29.0 Å². The minimum Gasteiger partial charge on any atom is -0.387 e. The van der Waals surface area contributed by atoms with Crippen LogP contribution in [0.15, 0.2) is 0 Å². The first-order valence-corrected chi connectivity index (χ1v) is 6.91. The number of hydrogen-bond acceptors (Lipinski definition) is 6. The van der Waals surface area contributed by atoms with Crippen LogP contribution in [0.4, 0.5) is 0 Å². The lowest BCUT2D eigenvalue weighted by atomic mass is 10.2. The van der Waals surface area contributed by atoms with Gasteiger partial charge in [0.05, 0.1) is 19.8 Å². The summed E-state index contributed by atoms with van der Waals surface area (Å²) in [6.45, 7) is 2.62. The molecule has 2 amide bonds. The van der Waals surface area contributed by atoms with Crippen LogP contribution in [0.5, 0.6) is 0 Å². The Morgan fingerprint density at radius 2 is 1.57 bits per heavy atom. The summed E-state index contributed by atoms with van der Waals surface area (Å²) in [5, 5.41) is 13.4. The molecule has 0 heterocycles. The van der Waals surface area contributed by atoms with Crippen molar-refractivity contribution in [2.45, 2.75) is 19.8 Å². The summed E-state index contributed by atoms with van der Waals surface area (Å²) >= 11 is 0. The van der Waals surface area contributed by atoms with Gasteiger partial charge in [-0.1, -0.05) is 6.92 Å². The number of Topliss-reactive ketones (excluding diaryl/α,β-unsaturated/α-hetero) is 1. The van der Waals surface area contributed by atoms with Crippen molar-refractivity contribution in [1.29, 1.82) is 0 Å². The van der Waals surface area contributed by atoms with Gasteiger partial charge >= 0.3 is 0 Å². The fourth-order valence-electron chi connectivity index (χ4n) is 1.26. The molecule has 0 bridgehead atoms. The highest BCUT2D eigenvalue weighted by atomic mass is 16.5. The van der Waals surface area contributed by atoms with Crippen LogP contribution in [0.3, 0.4) is 0 Å². The van der Waals surface area contributed by atoms with Gasteiger partial charge in [-0.15, -0.1) is 0 Å². The second-order valence-corrected chi connectivity index (χ2v) is 4.17. The monoisotopic (exact) mass is 304 g/mol. The van der Waals surface area contributed by atoms with E-state index in [4.69, 9.17) is 14.6 Å². The van der Waals surface area contributed by atoms with Gasteiger partial charge in [0.25, 0.3) is 0 Å². The number of amides is 2. The molecule has 0 aromatic heterocycles. The highest BCUT2D eigenvalue weighted by Crippen LogP contribution is 1.89. The largest absolute Gasteiger partial charge is 0.387 e. The Morgan fingerprint density at radius 3 is 2.19 bits per heavy atom. The van der Waals surface area contributed by atoms with Crippen LogP contribution in [-0.4, -0.2) is 68.8 Å². The third kappa shape index (κ3) is 13.2. The summed E-state index contributed by atoms with van der Waals surface area (Å²) in [5.41, 5.74) is 0. The molecule has 0 aromatic rings. The number of ketones is 1. The number of ether oxygens (including phenoxy) is 2. The Bertz CT molecular complexity index is 322. The van der Waals surface area contributed by atoms with Gasteiger partial charge in [0.15, 0.2) is 0 Å². The molecule has 8 nitrogen and oxygen atoms in total. The predicted molar refractivity (Wildman–Crippen MR) is 74.7 cm³/mol. The molecule has 3 N–H and O–H groups in total. The number of carbonyl (C=O) groups is 3. The molecule has 0 saturated carbocycles. The maximum Gasteiger partial charge on any atom is 0.246 e. The lowest BCUT2D eigenvalue weighted by Gasteiger charge is -2.07. The fraction of sp³-hybridized carbons (Fsp3) is 0.769. The standard InChI is InChI=1S/C13H24N2O6/c1-2-11(17)3-6-20-7-4-15-13(19)10-21-8-5-14-12(18)9-16/h16H,2-10H2,1H3,(H,14,18)(H,15,19). The van der Waals surface area contributed by atoms with E-state index >= 15 is 0 Å². The second-order valence-electron chi connectivity index (χ2n) is 4.17. The molecule has 0 radical (unpaired) electrons. The van der Waals surface area contributed by atoms with Crippen molar-refractivity contribution in [3.8, 4) is 0 Å². The molecule has 0 spiro atoms. The summed E-state index contributed by atoms with van der Waals surface area (Å²) in [4.78, 5) is 33.0. The number of nitrogens with one attached hydrogen (secondary N) is 2. The summed E-state index contributed by atoms with van der Waals surface area (Å²) in [6, 6.07) is 0. The molecule has 8 heteroatoms. The van der Waals surface area contributed by atoms with E-state index in [9.17, 15) is 14.4 Å². The summed E-state index contributed by atoms with van der Waals surface area (Å²) in [5.74, 6) is -0.612. The zero-order chi connectivity index (χ0) is 15.9. The summed E-state index contributed by atoms with van der Waals surface area (Å²) in [7, 11) is 0. The van der Waals surface area contributed by atoms with Gasteiger partial charge in [-0.3, -0.25) is 14.4 Å². The topological polar surface area (TPSA) is 114 Å². The van der Waals surface area contributed by atoms with Gasteiger partial charge in [-0.2, -0.15) is 0 Å². The number of carbonyl (C=O) groups excluding carboxylic acids is 3. The quantitative estimate of drug-likeness (QED) is 0.361. The Hall–Kier alpha value is -1.51. The van der Waals surface area contributed by atoms with E-state index in [0.717, 1.165) is 0 Å². The second kappa shape index (κ2) is 13.5. The van der Waals surface area contributed by atoms with Crippen LogP contribution >= 0.6 is 0 Å². The van der Waals surface area contributed by atoms with E-state index in [0.29, 0.717) is 32.6 Å². The Morgan fingerprint density at radius 1 is 0.952 bits per heavy atom. The maximum atomic E-state index is 11.3. The zero-order valence-electron chi connectivity index (χ0n) is 12.4. The smallest absolute Gasteiger partial charge is 0.246 e. The van der Waals surface area contributed by atoms with E-state index in [1.165, 1.54) is 0 Å². The van der Waals surface area contributed by atoms with E-state index in [1.807, 2.05) is 0 Å². The molecule has 21 heavy (non-hydrogen) atoms. The van der Waals surface area contributed by atoms with Gasteiger partial charge in [0.1, 0.15) is 19.0 Å². The van der Waals surface area contributed by atoms with Crippen LogP contribution in [0.2, 0.25) is 0 Å². The Labute approximate surface area is 124 Å². The van der Waals surface area contributed by atoms with Crippen molar-refractivity contribution >= 4 is 17.6 Å². The van der Waals surface area contributed by atoms with Crippen LogP contribution in [-0.2, 0) is 23.9 Å². The van der Waals surface area contributed by atoms with Crippen molar-refractivity contribution in [2.75, 3.05) is 46.1 Å². The number of aliphatic hydroxyl groups is 1. The summed E-state index contributed by atoms with van der Waals surface area (Å²) in [6.07, 6.45) is 0.906. The highest BCUT2D eigenvalue weighted by molar-refractivity contribution is 5.78. The summed E-state index contributed by atoms with van der Waals surface area (Å²) < 4.78 is 10.2. The number of hydrogen-bond donors (Lipinski definition) is 3. The first kappa shape index (κ1) is 19.5. The Kier molecular flexibility index (Phi) is 12.5. The minimum atomic E-state index is -0.565. The van der Waals surface area contributed by atoms with E-state index in [-0.39, 0.29) is 31.4 Å². The van der Waals surface area contributed by atoms with E-state index < -0.39 is 12.5 Å². The lowest BCUT2D eigenvalue weighted by Crippen LogP contribution is -2.33. The van der Waals surface area contributed by atoms with Crippen molar-refractivity contribution in [1.82, 2.24) is 10.6 Å². The van der Waals surface area contributed by atoms with Crippen molar-refractivity contribution in [3.05, 3.63) is 0 Å². The van der Waals surface area contributed by atoms with Crippen molar-refractivity contribution in [3.63, 3.8) is 0 Å². The zero-order valence-corrected chi connectivity index (χ0v) is 12.4. The third-order valence-corrected chi connectivity index (χ3v) is 2.43. The maximum absolute atomic E-state index is 11.3. The minimum absolute atomic E-state index is 0.108. The molecule has 122 valence electrons. The Balaban J connectivity index is 3.31. The van der Waals surface area contributed by atoms with Gasteiger partial charge < -0.3 is 25.2 Å². The molecule has 0 rings (SSSR count). The van der Waals surface area contributed by atoms with Gasteiger partial charge in [0.2, 0.25) is 11.8 Å². The fourth-order valence-corrected chi connectivity index (χ4v) is 1.26. The average molecular weight is 304 g/mol. The van der Waals surface area contributed by atoms with Gasteiger partial charge in [0, 0.05) is 25.9 Å². The van der Waals surface area contributed by atoms with Crippen LogP contribution in [0.1, 0.15) is 19.8 Å². The van der Waals surface area contributed by atoms with Gasteiger partial charge in [-0.25, -0.2) is 0 Å². The molecule has 0 saturated heterocycles. The molecule has 0 aliphatic heterocycles. The molecule has 0 aliphatic carbocycles. The lowest BCUT2D eigenvalue weighted by molar-refractivity contribution is -0.126. The SMILES string of the molecule is CCC(=O)CCOCCNC(=O)COCCNC(=O)CO. The first-order valence-electron chi connectivity index (χ1n) is 6.91. The van der Waals surface area contributed by atoms with Crippen LogP contribution < -0.4 is 10.6 Å². The first-order chi connectivity index (χ1) is 10.1. The molecular formula is C13H24N2O6. The van der Waals surface area contributed by atoms with Gasteiger partial charge in [-0.05, 0) is 0 Å². The van der Waals surface area contributed by atoms with Crippen LogP contribution in [0, 0.1) is 0 Å². The van der Waals surface area contributed by atoms with E-state index in [2.05, 4.69) is 10.6 Å². The molecular weight excluding hydrogens is 280 g/mol. The molecule has 0 aliphatic rings. The molecule has 0 atom stereocenters. The molecule has 0 fully saturated rings. The number of aliphatic hydroxyl groups excluding tert-OH is 1.